The molecule has 0 aromatic heterocycles. The summed E-state index contributed by atoms with van der Waals surface area (Å²) < 4.78 is 36.6. The van der Waals surface area contributed by atoms with Gasteiger partial charge in [0.15, 0.2) is 6.10 Å². The maximum Gasteiger partial charge on any atom is 0.338 e. The predicted octanol–water partition coefficient (Wildman–Crippen LogP) is 7.81. The fraction of sp³-hybridized carbons (Fsp3) is 0.244. The highest BCUT2D eigenvalue weighted by molar-refractivity contribution is 5.90. The van der Waals surface area contributed by atoms with Crippen LogP contribution in [0.1, 0.15) is 68.5 Å². The molecule has 0 radical (unpaired) electrons. The van der Waals surface area contributed by atoms with Gasteiger partial charge < -0.3 is 28.4 Å². The van der Waals surface area contributed by atoms with Gasteiger partial charge in [0.05, 0.1) is 16.7 Å². The van der Waals surface area contributed by atoms with E-state index in [-0.39, 0.29) is 29.2 Å². The number of aryl methyl sites for hydroxylation is 1. The third-order valence-electron chi connectivity index (χ3n) is 9.27. The molecule has 1 saturated heterocycles. The molecule has 0 unspecified atom stereocenters. The second-order valence-electron chi connectivity index (χ2n) is 13.2. The van der Waals surface area contributed by atoms with Crippen molar-refractivity contribution in [2.45, 2.75) is 58.2 Å². The number of hydrogen-bond donors (Lipinski definition) is 0. The summed E-state index contributed by atoms with van der Waals surface area (Å²) in [5.41, 5.74) is 3.78. The van der Waals surface area contributed by atoms with Crippen LogP contribution < -0.4 is 9.47 Å². The van der Waals surface area contributed by atoms with Crippen molar-refractivity contribution < 1.29 is 47.6 Å². The Labute approximate surface area is 319 Å². The van der Waals surface area contributed by atoms with Crippen LogP contribution in [0.2, 0.25) is 0 Å². The monoisotopic (exact) mass is 742 g/mol. The van der Waals surface area contributed by atoms with Crippen LogP contribution in [0.4, 0.5) is 0 Å². The number of benzene rings is 5. The van der Waals surface area contributed by atoms with Gasteiger partial charge in [0, 0.05) is 25.3 Å². The number of carbonyl (C=O) groups excluding carboxylic acids is 4. The Morgan fingerprint density at radius 3 is 1.71 bits per heavy atom. The first kappa shape index (κ1) is 38.5. The van der Waals surface area contributed by atoms with Gasteiger partial charge in [-0.2, -0.15) is 0 Å². The molecule has 5 aromatic carbocycles. The maximum atomic E-state index is 13.7. The molecule has 0 N–H and O–H groups in total. The van der Waals surface area contributed by atoms with Crippen LogP contribution in [0.3, 0.4) is 0 Å². The van der Waals surface area contributed by atoms with Crippen molar-refractivity contribution in [3.8, 4) is 11.5 Å². The minimum Gasteiger partial charge on any atom is -0.460 e. The Morgan fingerprint density at radius 1 is 0.636 bits per heavy atom. The summed E-state index contributed by atoms with van der Waals surface area (Å²) in [6.07, 6.45) is -3.41. The zero-order valence-corrected chi connectivity index (χ0v) is 30.8. The number of rotatable bonds is 13. The van der Waals surface area contributed by atoms with E-state index in [4.69, 9.17) is 28.4 Å². The molecule has 282 valence electrons. The summed E-state index contributed by atoms with van der Waals surface area (Å²) in [5.74, 6) is -2.65. The van der Waals surface area contributed by atoms with Crippen LogP contribution in [0.15, 0.2) is 133 Å². The van der Waals surface area contributed by atoms with Crippen LogP contribution in [-0.2, 0) is 36.6 Å². The van der Waals surface area contributed by atoms with E-state index in [1.54, 1.807) is 116 Å². The Balaban J connectivity index is 1.39. The molecule has 0 saturated carbocycles. The second-order valence-corrected chi connectivity index (χ2v) is 13.2. The van der Waals surface area contributed by atoms with Crippen LogP contribution in [-0.4, -0.2) is 55.1 Å². The number of carbonyl (C=O) groups is 4. The highest BCUT2D eigenvalue weighted by Crippen LogP contribution is 2.36. The van der Waals surface area contributed by atoms with Gasteiger partial charge in [-0.25, -0.2) is 14.4 Å². The molecule has 10 nitrogen and oxygen atoms in total. The van der Waals surface area contributed by atoms with Gasteiger partial charge in [-0.05, 0) is 65.6 Å². The molecule has 1 heterocycles. The molecule has 0 aliphatic carbocycles. The SMILES string of the molecule is CCc1ccc(Cc2ccc(OC(C)=O)cc2O[C@H]2O[C@H](COC(=O)c3ccccc3)[C@@H](C)[C@H](OC(=O)c3ccccc3)[C@H]2OC(=O)c2ccccc2)cc1. The van der Waals surface area contributed by atoms with E-state index in [9.17, 15) is 19.2 Å². The van der Waals surface area contributed by atoms with E-state index in [1.807, 2.05) is 12.1 Å². The van der Waals surface area contributed by atoms with Crippen molar-refractivity contribution in [1.82, 2.24) is 0 Å². The molecule has 1 aliphatic heterocycles. The number of hydrogen-bond acceptors (Lipinski definition) is 10. The Morgan fingerprint density at radius 2 is 1.16 bits per heavy atom. The molecule has 5 atom stereocenters. The highest BCUT2D eigenvalue weighted by Gasteiger charge is 2.50. The fourth-order valence-corrected chi connectivity index (χ4v) is 6.23. The fourth-order valence-electron chi connectivity index (χ4n) is 6.23. The molecule has 1 fully saturated rings. The molecule has 10 heteroatoms. The topological polar surface area (TPSA) is 124 Å². The lowest BCUT2D eigenvalue weighted by atomic mass is 9.90. The van der Waals surface area contributed by atoms with Crippen molar-refractivity contribution in [3.05, 3.63) is 167 Å². The van der Waals surface area contributed by atoms with Gasteiger partial charge >= 0.3 is 23.9 Å². The lowest BCUT2D eigenvalue weighted by Gasteiger charge is -2.44. The van der Waals surface area contributed by atoms with Crippen LogP contribution in [0, 0.1) is 5.92 Å². The third-order valence-corrected chi connectivity index (χ3v) is 9.27. The first-order valence-corrected chi connectivity index (χ1v) is 18.1. The Bertz CT molecular complexity index is 2070. The molecule has 55 heavy (non-hydrogen) atoms. The van der Waals surface area contributed by atoms with E-state index >= 15 is 0 Å². The average Bonchev–Trinajstić information content (AvgIpc) is 3.21. The first-order chi connectivity index (χ1) is 26.7. The largest absolute Gasteiger partial charge is 0.460 e. The Kier molecular flexibility index (Phi) is 12.7. The quantitative estimate of drug-likeness (QED) is 0.0671. The van der Waals surface area contributed by atoms with Gasteiger partial charge in [-0.15, -0.1) is 0 Å². The molecule has 0 amide bonds. The van der Waals surface area contributed by atoms with E-state index in [0.717, 1.165) is 12.0 Å². The van der Waals surface area contributed by atoms with Crippen molar-refractivity contribution in [3.63, 3.8) is 0 Å². The standard InChI is InChI=1S/C45H42O10/c1-4-31-20-22-32(23-21-31)26-36-24-25-37(51-30(3)46)27-38(36)52-45-41(55-44(49)35-18-12-7-13-19-35)40(54-43(48)34-16-10-6-11-17-34)29(2)39(53-45)28-50-42(47)33-14-8-5-9-15-33/h5-25,27,29,39-41,45H,4,26,28H2,1-3H3/t29-,39-,40+,41-,45+/m1/s1. The summed E-state index contributed by atoms with van der Waals surface area (Å²) in [5, 5.41) is 0. The summed E-state index contributed by atoms with van der Waals surface area (Å²) >= 11 is 0. The molecule has 0 spiro atoms. The Hall–Kier alpha value is -6.26. The van der Waals surface area contributed by atoms with Crippen molar-refractivity contribution >= 4 is 23.9 Å². The maximum absolute atomic E-state index is 13.7. The average molecular weight is 743 g/mol. The van der Waals surface area contributed by atoms with Crippen molar-refractivity contribution in [2.75, 3.05) is 6.61 Å². The second kappa shape index (κ2) is 18.2. The van der Waals surface area contributed by atoms with E-state index in [2.05, 4.69) is 19.1 Å². The van der Waals surface area contributed by atoms with Gasteiger partial charge in [-0.1, -0.05) is 98.8 Å². The van der Waals surface area contributed by atoms with Crippen molar-refractivity contribution in [1.29, 1.82) is 0 Å². The van der Waals surface area contributed by atoms with Crippen LogP contribution in [0.25, 0.3) is 0 Å². The van der Waals surface area contributed by atoms with E-state index in [0.29, 0.717) is 17.5 Å². The third kappa shape index (κ3) is 10.0. The van der Waals surface area contributed by atoms with Gasteiger partial charge in [0.2, 0.25) is 12.4 Å². The lowest BCUT2D eigenvalue weighted by Crippen LogP contribution is -2.59. The molecule has 5 aromatic rings. The lowest BCUT2D eigenvalue weighted by molar-refractivity contribution is -0.259. The minimum absolute atomic E-state index is 0.218. The van der Waals surface area contributed by atoms with Gasteiger partial charge in [0.1, 0.15) is 24.2 Å². The van der Waals surface area contributed by atoms with Gasteiger partial charge in [-0.3, -0.25) is 4.79 Å². The number of ether oxygens (including phenoxy) is 6. The smallest absolute Gasteiger partial charge is 0.338 e. The van der Waals surface area contributed by atoms with Crippen LogP contribution >= 0.6 is 0 Å². The summed E-state index contributed by atoms with van der Waals surface area (Å²) in [6, 6.07) is 38.5. The van der Waals surface area contributed by atoms with Crippen molar-refractivity contribution in [2.24, 2.45) is 5.92 Å². The molecular weight excluding hydrogens is 700 g/mol. The van der Waals surface area contributed by atoms with Crippen LogP contribution in [0.5, 0.6) is 11.5 Å². The zero-order chi connectivity index (χ0) is 38.7. The summed E-state index contributed by atoms with van der Waals surface area (Å²) in [6.45, 7) is 4.90. The number of esters is 4. The minimum atomic E-state index is -1.40. The predicted molar refractivity (Wildman–Crippen MR) is 203 cm³/mol. The van der Waals surface area contributed by atoms with E-state index < -0.39 is 54.4 Å². The van der Waals surface area contributed by atoms with E-state index in [1.165, 1.54) is 12.5 Å². The zero-order valence-electron chi connectivity index (χ0n) is 30.8. The molecular formula is C45H42O10. The highest BCUT2D eigenvalue weighted by atomic mass is 16.7. The summed E-state index contributed by atoms with van der Waals surface area (Å²) in [7, 11) is 0. The van der Waals surface area contributed by atoms with Gasteiger partial charge in [0.25, 0.3) is 0 Å². The molecule has 6 rings (SSSR count). The molecule has 1 aliphatic rings. The normalized spacial score (nSPS) is 19.1. The summed E-state index contributed by atoms with van der Waals surface area (Å²) in [4.78, 5) is 52.4. The first-order valence-electron chi connectivity index (χ1n) is 18.1. The molecule has 0 bridgehead atoms.